The lowest BCUT2D eigenvalue weighted by molar-refractivity contribution is -0.135. The quantitative estimate of drug-likeness (QED) is 0.750. The first-order valence-corrected chi connectivity index (χ1v) is 4.72. The van der Waals surface area contributed by atoms with Crippen molar-refractivity contribution in [1.82, 2.24) is 10.3 Å². The van der Waals surface area contributed by atoms with Gasteiger partial charge in [0.25, 0.3) is 5.91 Å². The zero-order chi connectivity index (χ0) is 12.0. The fourth-order valence-corrected chi connectivity index (χ4v) is 1.01. The topological polar surface area (TPSA) is 88.5 Å². The predicted molar refractivity (Wildman–Crippen MR) is 55.4 cm³/mol. The van der Waals surface area contributed by atoms with Gasteiger partial charge in [-0.3, -0.25) is 9.59 Å². The van der Waals surface area contributed by atoms with Gasteiger partial charge in [0.2, 0.25) is 5.88 Å². The molecule has 0 aliphatic heterocycles. The van der Waals surface area contributed by atoms with Crippen LogP contribution in [0.2, 0.25) is 0 Å². The van der Waals surface area contributed by atoms with Gasteiger partial charge in [0.15, 0.2) is 0 Å². The van der Waals surface area contributed by atoms with Gasteiger partial charge in [-0.1, -0.05) is 0 Å². The summed E-state index contributed by atoms with van der Waals surface area (Å²) in [6.45, 7) is 1.92. The molecule has 1 amide bonds. The highest BCUT2D eigenvalue weighted by Gasteiger charge is 2.07. The second kappa shape index (κ2) is 5.69. The minimum atomic E-state index is -1.09. The van der Waals surface area contributed by atoms with Crippen LogP contribution in [0.5, 0.6) is 5.88 Å². The molecule has 2 N–H and O–H groups in total. The Kier molecular flexibility index (Phi) is 4.26. The monoisotopic (exact) mass is 224 g/mol. The lowest BCUT2D eigenvalue weighted by Gasteiger charge is -2.04. The van der Waals surface area contributed by atoms with Crippen LogP contribution < -0.4 is 10.1 Å². The fraction of sp³-hybridized carbons (Fsp3) is 0.300. The summed E-state index contributed by atoms with van der Waals surface area (Å²) >= 11 is 0. The molecule has 0 spiro atoms. The lowest BCUT2D eigenvalue weighted by atomic mass is 10.2. The molecule has 0 radical (unpaired) electrons. The molecule has 1 heterocycles. The molecule has 0 aliphatic rings. The molecule has 0 aliphatic carbocycles. The van der Waals surface area contributed by atoms with Crippen LogP contribution in [-0.4, -0.2) is 35.1 Å². The second-order valence-corrected chi connectivity index (χ2v) is 2.89. The van der Waals surface area contributed by atoms with Crippen molar-refractivity contribution < 1.29 is 19.4 Å². The van der Waals surface area contributed by atoms with E-state index in [9.17, 15) is 9.59 Å². The van der Waals surface area contributed by atoms with Crippen molar-refractivity contribution in [2.24, 2.45) is 0 Å². The van der Waals surface area contributed by atoms with E-state index in [0.717, 1.165) is 0 Å². The van der Waals surface area contributed by atoms with Crippen LogP contribution in [0.25, 0.3) is 0 Å². The van der Waals surface area contributed by atoms with Crippen LogP contribution in [0.1, 0.15) is 17.3 Å². The third-order valence-corrected chi connectivity index (χ3v) is 1.69. The van der Waals surface area contributed by atoms with Crippen molar-refractivity contribution in [3.05, 3.63) is 23.9 Å². The van der Waals surface area contributed by atoms with E-state index in [4.69, 9.17) is 9.84 Å². The second-order valence-electron chi connectivity index (χ2n) is 2.89. The van der Waals surface area contributed by atoms with Crippen molar-refractivity contribution in [2.75, 3.05) is 13.2 Å². The van der Waals surface area contributed by atoms with Gasteiger partial charge < -0.3 is 15.2 Å². The molecule has 1 aromatic heterocycles. The van der Waals surface area contributed by atoms with E-state index >= 15 is 0 Å². The first-order chi connectivity index (χ1) is 7.63. The smallest absolute Gasteiger partial charge is 0.322 e. The molecule has 0 saturated carbocycles. The zero-order valence-corrected chi connectivity index (χ0v) is 8.77. The molecule has 0 saturated heterocycles. The highest BCUT2D eigenvalue weighted by atomic mass is 16.5. The lowest BCUT2D eigenvalue weighted by Crippen LogP contribution is -2.29. The van der Waals surface area contributed by atoms with Gasteiger partial charge in [-0.15, -0.1) is 0 Å². The summed E-state index contributed by atoms with van der Waals surface area (Å²) in [5, 5.41) is 10.6. The first kappa shape index (κ1) is 12.0. The van der Waals surface area contributed by atoms with Crippen molar-refractivity contribution in [1.29, 1.82) is 0 Å². The van der Waals surface area contributed by atoms with E-state index in [1.165, 1.54) is 12.3 Å². The maximum atomic E-state index is 11.4. The van der Waals surface area contributed by atoms with Gasteiger partial charge in [-0.25, -0.2) is 4.98 Å². The minimum absolute atomic E-state index is 0.296. The first-order valence-electron chi connectivity index (χ1n) is 4.72. The molecule has 86 valence electrons. The van der Waals surface area contributed by atoms with E-state index in [1.54, 1.807) is 6.07 Å². The number of rotatable bonds is 5. The molecule has 1 aromatic rings. The van der Waals surface area contributed by atoms with Gasteiger partial charge in [0.1, 0.15) is 6.54 Å². The summed E-state index contributed by atoms with van der Waals surface area (Å²) in [5.41, 5.74) is 0.296. The number of amides is 1. The maximum absolute atomic E-state index is 11.4. The van der Waals surface area contributed by atoms with E-state index in [-0.39, 0.29) is 0 Å². The standard InChI is InChI=1S/C10H12N2O4/c1-2-16-8-4-3-7(5-11-8)10(15)12-6-9(13)14/h3-5H,2,6H2,1H3,(H,12,15)(H,13,14). The molecular weight excluding hydrogens is 212 g/mol. The molecule has 16 heavy (non-hydrogen) atoms. The number of nitrogens with zero attached hydrogens (tertiary/aromatic N) is 1. The molecule has 0 aromatic carbocycles. The van der Waals surface area contributed by atoms with Crippen LogP contribution in [0.15, 0.2) is 18.3 Å². The molecule has 6 heteroatoms. The van der Waals surface area contributed by atoms with Crippen LogP contribution in [0.4, 0.5) is 0 Å². The zero-order valence-electron chi connectivity index (χ0n) is 8.77. The number of aromatic nitrogens is 1. The van der Waals surface area contributed by atoms with E-state index in [2.05, 4.69) is 10.3 Å². The van der Waals surface area contributed by atoms with Gasteiger partial charge in [-0.2, -0.15) is 0 Å². The number of hydrogen-bond donors (Lipinski definition) is 2. The summed E-state index contributed by atoms with van der Waals surface area (Å²) < 4.78 is 5.10. The van der Waals surface area contributed by atoms with Crippen molar-refractivity contribution in [3.8, 4) is 5.88 Å². The number of carbonyl (C=O) groups is 2. The largest absolute Gasteiger partial charge is 0.480 e. The Morgan fingerprint density at radius 3 is 2.75 bits per heavy atom. The predicted octanol–water partition coefficient (Wildman–Crippen LogP) is 0.295. The highest BCUT2D eigenvalue weighted by molar-refractivity contribution is 5.95. The Balaban J connectivity index is 2.59. The summed E-state index contributed by atoms with van der Waals surface area (Å²) in [5.74, 6) is -1.14. The van der Waals surface area contributed by atoms with Gasteiger partial charge in [0, 0.05) is 12.3 Å². The Bertz CT molecular complexity index is 375. The van der Waals surface area contributed by atoms with Gasteiger partial charge >= 0.3 is 5.97 Å². The molecule has 0 unspecified atom stereocenters. The van der Waals surface area contributed by atoms with Crippen molar-refractivity contribution in [3.63, 3.8) is 0 Å². The summed E-state index contributed by atoms with van der Waals surface area (Å²) in [6, 6.07) is 3.08. The number of aliphatic carboxylic acids is 1. The van der Waals surface area contributed by atoms with Crippen molar-refractivity contribution >= 4 is 11.9 Å². The summed E-state index contributed by atoms with van der Waals surface area (Å²) in [7, 11) is 0. The number of carbonyl (C=O) groups excluding carboxylic acids is 1. The molecule has 0 fully saturated rings. The van der Waals surface area contributed by atoms with E-state index in [0.29, 0.717) is 18.1 Å². The minimum Gasteiger partial charge on any atom is -0.480 e. The Morgan fingerprint density at radius 1 is 1.50 bits per heavy atom. The maximum Gasteiger partial charge on any atom is 0.322 e. The number of nitrogens with one attached hydrogen (secondary N) is 1. The molecule has 0 bridgehead atoms. The normalized spacial score (nSPS) is 9.56. The van der Waals surface area contributed by atoms with Crippen LogP contribution in [0, 0.1) is 0 Å². The SMILES string of the molecule is CCOc1ccc(C(=O)NCC(=O)O)cn1. The molecule has 0 atom stereocenters. The van der Waals surface area contributed by atoms with Crippen molar-refractivity contribution in [2.45, 2.75) is 6.92 Å². The number of carboxylic acid groups (broad SMARTS) is 1. The van der Waals surface area contributed by atoms with E-state index < -0.39 is 18.4 Å². The number of carboxylic acids is 1. The van der Waals surface area contributed by atoms with Gasteiger partial charge in [0.05, 0.1) is 12.2 Å². The van der Waals surface area contributed by atoms with Crippen LogP contribution >= 0.6 is 0 Å². The summed E-state index contributed by atoms with van der Waals surface area (Å²) in [4.78, 5) is 25.5. The molecular formula is C10H12N2O4. The molecule has 1 rings (SSSR count). The molecule has 6 nitrogen and oxygen atoms in total. The van der Waals surface area contributed by atoms with Crippen LogP contribution in [-0.2, 0) is 4.79 Å². The number of hydrogen-bond acceptors (Lipinski definition) is 4. The third-order valence-electron chi connectivity index (χ3n) is 1.69. The Hall–Kier alpha value is -2.11. The average Bonchev–Trinajstić information content (AvgIpc) is 2.27. The fourth-order valence-electron chi connectivity index (χ4n) is 1.01. The Morgan fingerprint density at radius 2 is 2.25 bits per heavy atom. The highest BCUT2D eigenvalue weighted by Crippen LogP contribution is 2.07. The number of pyridine rings is 1. The average molecular weight is 224 g/mol. The summed E-state index contributed by atoms with van der Waals surface area (Å²) in [6.07, 6.45) is 1.34. The number of ether oxygens (including phenoxy) is 1. The van der Waals surface area contributed by atoms with E-state index in [1.807, 2.05) is 6.92 Å². The Labute approximate surface area is 92.3 Å². The van der Waals surface area contributed by atoms with Crippen LogP contribution in [0.3, 0.4) is 0 Å². The van der Waals surface area contributed by atoms with Gasteiger partial charge in [-0.05, 0) is 13.0 Å². The third kappa shape index (κ3) is 3.56.